The van der Waals surface area contributed by atoms with Gasteiger partial charge in [0.15, 0.2) is 11.3 Å². The lowest BCUT2D eigenvalue weighted by atomic mass is 10.1. The zero-order valence-corrected chi connectivity index (χ0v) is 19.7. The number of benzene rings is 1. The maximum atomic E-state index is 12.5. The van der Waals surface area contributed by atoms with E-state index in [1.165, 1.54) is 0 Å². The molecule has 0 atom stereocenters. The van der Waals surface area contributed by atoms with Gasteiger partial charge in [0.1, 0.15) is 5.76 Å². The number of esters is 1. The molecule has 0 saturated carbocycles. The molecule has 2 rings (SSSR count). The van der Waals surface area contributed by atoms with E-state index in [1.807, 2.05) is 39.0 Å². The average Bonchev–Trinajstić information content (AvgIpc) is 3.18. The van der Waals surface area contributed by atoms with Crippen LogP contribution in [0.25, 0.3) is 16.5 Å². The van der Waals surface area contributed by atoms with Gasteiger partial charge in [-0.2, -0.15) is 0 Å². The van der Waals surface area contributed by atoms with Crippen LogP contribution >= 0.6 is 15.9 Å². The number of nitrogens with zero attached hydrogens (tertiary/aromatic N) is 1. The van der Waals surface area contributed by atoms with Crippen molar-refractivity contribution in [1.82, 2.24) is 4.90 Å². The molecule has 1 aromatic heterocycles. The van der Waals surface area contributed by atoms with Crippen LogP contribution in [0.5, 0.6) is 5.75 Å². The summed E-state index contributed by atoms with van der Waals surface area (Å²) in [7, 11) is 0. The number of rotatable bonds is 11. The van der Waals surface area contributed by atoms with Gasteiger partial charge in [0.2, 0.25) is 5.91 Å². The average molecular weight is 480 g/mol. The number of likely N-dealkylation sites (N-methyl/N-ethyl adjacent to an activating group) is 1. The Hall–Kier alpha value is -2.28. The normalized spacial score (nSPS) is 11.6. The number of amides is 1. The summed E-state index contributed by atoms with van der Waals surface area (Å²) in [6.07, 6.45) is 3.19. The van der Waals surface area contributed by atoms with Crippen molar-refractivity contribution < 1.29 is 23.5 Å². The first-order valence-electron chi connectivity index (χ1n) is 10.4. The van der Waals surface area contributed by atoms with Gasteiger partial charge in [0.25, 0.3) is 0 Å². The molecule has 0 fully saturated rings. The molecule has 0 spiro atoms. The van der Waals surface area contributed by atoms with Crippen molar-refractivity contribution >= 4 is 44.3 Å². The van der Waals surface area contributed by atoms with Gasteiger partial charge in [-0.25, -0.2) is 0 Å². The van der Waals surface area contributed by atoms with Crippen LogP contribution in [0.4, 0.5) is 0 Å². The minimum atomic E-state index is -0.224. The molecule has 2 aromatic rings. The molecule has 30 heavy (non-hydrogen) atoms. The molecule has 0 unspecified atom stereocenters. The zero-order valence-electron chi connectivity index (χ0n) is 18.1. The van der Waals surface area contributed by atoms with Crippen molar-refractivity contribution in [3.63, 3.8) is 0 Å². The van der Waals surface area contributed by atoms with Gasteiger partial charge in [-0.05, 0) is 57.4 Å². The fourth-order valence-electron chi connectivity index (χ4n) is 3.09. The molecular formula is C23H30BrNO5. The predicted octanol–water partition coefficient (Wildman–Crippen LogP) is 5.58. The first kappa shape index (κ1) is 24.0. The van der Waals surface area contributed by atoms with Gasteiger partial charge < -0.3 is 18.8 Å². The second-order valence-electron chi connectivity index (χ2n) is 6.69. The Bertz CT molecular complexity index is 898. The summed E-state index contributed by atoms with van der Waals surface area (Å²) in [6.45, 7) is 9.80. The number of fused-ring (bicyclic) bond motifs is 1. The van der Waals surface area contributed by atoms with Crippen LogP contribution in [-0.2, 0) is 14.3 Å². The Morgan fingerprint density at radius 1 is 1.17 bits per heavy atom. The molecule has 0 N–H and O–H groups in total. The van der Waals surface area contributed by atoms with Crippen LogP contribution in [0, 0.1) is 0 Å². The highest BCUT2D eigenvalue weighted by molar-refractivity contribution is 9.10. The van der Waals surface area contributed by atoms with Gasteiger partial charge in [-0.15, -0.1) is 0 Å². The number of allylic oxidation sites excluding steroid dienone is 1. The van der Waals surface area contributed by atoms with Gasteiger partial charge >= 0.3 is 5.97 Å². The summed E-state index contributed by atoms with van der Waals surface area (Å²) < 4.78 is 17.8. The Balaban J connectivity index is 2.23. The van der Waals surface area contributed by atoms with Crippen molar-refractivity contribution in [1.29, 1.82) is 0 Å². The Labute approximate surface area is 186 Å². The van der Waals surface area contributed by atoms with Crippen LogP contribution in [0.1, 0.15) is 52.7 Å². The summed E-state index contributed by atoms with van der Waals surface area (Å²) in [5.41, 5.74) is 1.45. The van der Waals surface area contributed by atoms with E-state index < -0.39 is 0 Å². The molecule has 7 heteroatoms. The summed E-state index contributed by atoms with van der Waals surface area (Å²) in [5.74, 6) is 1.01. The molecule has 164 valence electrons. The lowest BCUT2D eigenvalue weighted by Gasteiger charge is -2.16. The monoisotopic (exact) mass is 479 g/mol. The maximum Gasteiger partial charge on any atom is 0.305 e. The Kier molecular flexibility index (Phi) is 9.43. The number of carbonyl (C=O) groups excluding carboxylic acids is 2. The zero-order chi connectivity index (χ0) is 22.1. The van der Waals surface area contributed by atoms with Gasteiger partial charge in [0.05, 0.1) is 13.2 Å². The van der Waals surface area contributed by atoms with E-state index in [0.29, 0.717) is 62.7 Å². The third-order valence-electron chi connectivity index (χ3n) is 4.75. The molecule has 1 aromatic carbocycles. The fourth-order valence-corrected chi connectivity index (χ4v) is 3.52. The molecule has 0 radical (unpaired) electrons. The van der Waals surface area contributed by atoms with Crippen LogP contribution in [-0.4, -0.2) is 43.1 Å². The van der Waals surface area contributed by atoms with E-state index in [4.69, 9.17) is 13.9 Å². The molecule has 0 aliphatic rings. The number of ether oxygens (including phenoxy) is 2. The van der Waals surface area contributed by atoms with E-state index in [0.717, 1.165) is 15.4 Å². The first-order chi connectivity index (χ1) is 14.4. The second-order valence-corrected chi connectivity index (χ2v) is 7.54. The topological polar surface area (TPSA) is 69.0 Å². The molecule has 0 aliphatic carbocycles. The molecular weight excluding hydrogens is 450 g/mol. The molecule has 1 amide bonds. The quantitative estimate of drug-likeness (QED) is 0.239. The maximum absolute atomic E-state index is 12.5. The van der Waals surface area contributed by atoms with Gasteiger partial charge in [0, 0.05) is 35.4 Å². The number of halogens is 1. The van der Waals surface area contributed by atoms with E-state index in [9.17, 15) is 9.59 Å². The SMILES string of the molecule is CCOC(=O)CCCOc1ccc(Br)c2cc(/C(=C/C(=O)N(CC)CC)CC)oc12. The number of furan rings is 1. The number of hydrogen-bond donors (Lipinski definition) is 0. The smallest absolute Gasteiger partial charge is 0.305 e. The molecule has 0 saturated heterocycles. The third-order valence-corrected chi connectivity index (χ3v) is 5.44. The van der Waals surface area contributed by atoms with E-state index in [-0.39, 0.29) is 11.9 Å². The van der Waals surface area contributed by atoms with Crippen molar-refractivity contribution in [2.45, 2.75) is 47.0 Å². The molecule has 1 heterocycles. The minimum absolute atomic E-state index is 0.0215. The highest BCUT2D eigenvalue weighted by atomic mass is 79.9. The highest BCUT2D eigenvalue weighted by Gasteiger charge is 2.16. The van der Waals surface area contributed by atoms with Crippen LogP contribution in [0.3, 0.4) is 0 Å². The lowest BCUT2D eigenvalue weighted by Crippen LogP contribution is -2.28. The predicted molar refractivity (Wildman–Crippen MR) is 121 cm³/mol. The molecule has 0 aliphatic heterocycles. The van der Waals surface area contributed by atoms with Crippen LogP contribution in [0.15, 0.2) is 33.2 Å². The molecule has 0 bridgehead atoms. The van der Waals surface area contributed by atoms with Crippen LogP contribution in [0.2, 0.25) is 0 Å². The number of hydrogen-bond acceptors (Lipinski definition) is 5. The van der Waals surface area contributed by atoms with Crippen molar-refractivity contribution in [3.8, 4) is 5.75 Å². The second kappa shape index (κ2) is 11.8. The van der Waals surface area contributed by atoms with Crippen molar-refractivity contribution in [3.05, 3.63) is 34.5 Å². The first-order valence-corrected chi connectivity index (χ1v) is 11.2. The van der Waals surface area contributed by atoms with Crippen molar-refractivity contribution in [2.24, 2.45) is 0 Å². The van der Waals surface area contributed by atoms with E-state index in [2.05, 4.69) is 15.9 Å². The van der Waals surface area contributed by atoms with E-state index >= 15 is 0 Å². The Morgan fingerprint density at radius 2 is 1.90 bits per heavy atom. The minimum Gasteiger partial charge on any atom is -0.490 e. The summed E-state index contributed by atoms with van der Waals surface area (Å²) in [6, 6.07) is 5.66. The molecule has 6 nitrogen and oxygen atoms in total. The van der Waals surface area contributed by atoms with Gasteiger partial charge in [-0.1, -0.05) is 22.9 Å². The Morgan fingerprint density at radius 3 is 2.53 bits per heavy atom. The van der Waals surface area contributed by atoms with Gasteiger partial charge in [-0.3, -0.25) is 9.59 Å². The summed E-state index contributed by atoms with van der Waals surface area (Å²) in [5, 5.41) is 0.877. The van der Waals surface area contributed by atoms with Crippen molar-refractivity contribution in [2.75, 3.05) is 26.3 Å². The standard InChI is InChI=1S/C23H30BrNO5/c1-5-16(14-21(26)25(6-2)7-3)20-15-17-18(24)11-12-19(23(17)30-20)29-13-9-10-22(27)28-8-4/h11-12,14-15H,5-10,13H2,1-4H3/b16-14+. The van der Waals surface area contributed by atoms with E-state index in [1.54, 1.807) is 17.9 Å². The fraction of sp³-hybridized carbons (Fsp3) is 0.478. The summed E-state index contributed by atoms with van der Waals surface area (Å²) >= 11 is 3.56. The number of carbonyl (C=O) groups is 2. The third kappa shape index (κ3) is 6.11. The largest absolute Gasteiger partial charge is 0.490 e. The lowest BCUT2D eigenvalue weighted by molar-refractivity contribution is -0.143. The summed E-state index contributed by atoms with van der Waals surface area (Å²) in [4.78, 5) is 25.7. The highest BCUT2D eigenvalue weighted by Crippen LogP contribution is 2.37. The van der Waals surface area contributed by atoms with Crippen LogP contribution < -0.4 is 4.74 Å².